The summed E-state index contributed by atoms with van der Waals surface area (Å²) in [5.41, 5.74) is 9.46. The molecule has 3 heterocycles. The predicted molar refractivity (Wildman–Crippen MR) is 167 cm³/mol. The van der Waals surface area contributed by atoms with Gasteiger partial charge >= 0.3 is 0 Å². The summed E-state index contributed by atoms with van der Waals surface area (Å²) in [6, 6.07) is 41.8. The fraction of sp³-hybridized carbons (Fsp3) is 0. The van der Waals surface area contributed by atoms with Gasteiger partial charge in [0.25, 0.3) is 0 Å². The zero-order chi connectivity index (χ0) is 27.1. The molecule has 0 N–H and O–H groups in total. The minimum atomic E-state index is 0.598. The average molecular weight is 525 g/mol. The first-order valence-electron chi connectivity index (χ1n) is 13.6. The van der Waals surface area contributed by atoms with E-state index in [9.17, 15) is 0 Å². The van der Waals surface area contributed by atoms with Gasteiger partial charge in [0.15, 0.2) is 5.69 Å². The molecular formula is C37H20N2O2. The summed E-state index contributed by atoms with van der Waals surface area (Å²) in [7, 11) is 0. The average Bonchev–Trinajstić information content (AvgIpc) is 3.69. The highest BCUT2D eigenvalue weighted by molar-refractivity contribution is 6.22. The van der Waals surface area contributed by atoms with E-state index in [4.69, 9.17) is 15.4 Å². The van der Waals surface area contributed by atoms with E-state index in [-0.39, 0.29) is 0 Å². The van der Waals surface area contributed by atoms with Crippen LogP contribution in [0.25, 0.3) is 87.3 Å². The van der Waals surface area contributed by atoms with Crippen LogP contribution in [0.2, 0.25) is 0 Å². The van der Waals surface area contributed by atoms with E-state index >= 15 is 0 Å². The molecule has 190 valence electrons. The van der Waals surface area contributed by atoms with Crippen molar-refractivity contribution in [1.82, 2.24) is 4.57 Å². The van der Waals surface area contributed by atoms with Crippen LogP contribution in [0.5, 0.6) is 0 Å². The Hall–Kier alpha value is -5.79. The SMILES string of the molecule is [C-]#[N+]c1ccc2oc3c(ccc4oc5ccc(-c6ccccc6-n6c7ccccc7c7ccccc76)cc5c43)c2c1. The van der Waals surface area contributed by atoms with E-state index in [1.807, 2.05) is 24.3 Å². The highest BCUT2D eigenvalue weighted by Gasteiger charge is 2.19. The Kier molecular flexibility index (Phi) is 4.37. The Balaban J connectivity index is 1.33. The maximum absolute atomic E-state index is 7.44. The molecule has 0 bridgehead atoms. The van der Waals surface area contributed by atoms with Gasteiger partial charge in [-0.2, -0.15) is 0 Å². The maximum Gasteiger partial charge on any atom is 0.188 e. The highest BCUT2D eigenvalue weighted by atomic mass is 16.3. The van der Waals surface area contributed by atoms with Crippen LogP contribution in [0.1, 0.15) is 0 Å². The summed E-state index contributed by atoms with van der Waals surface area (Å²) >= 11 is 0. The van der Waals surface area contributed by atoms with Crippen LogP contribution in [0, 0.1) is 6.57 Å². The number of fused-ring (bicyclic) bond motifs is 10. The number of rotatable bonds is 2. The topological polar surface area (TPSA) is 35.6 Å². The lowest BCUT2D eigenvalue weighted by molar-refractivity contribution is 0.663. The number of hydrogen-bond donors (Lipinski definition) is 0. The van der Waals surface area contributed by atoms with Crippen molar-refractivity contribution in [2.45, 2.75) is 0 Å². The number of para-hydroxylation sites is 3. The molecule has 0 fully saturated rings. The molecule has 0 aliphatic rings. The van der Waals surface area contributed by atoms with Gasteiger partial charge in [-0.05, 0) is 60.2 Å². The van der Waals surface area contributed by atoms with Crippen LogP contribution < -0.4 is 0 Å². The number of furan rings is 2. The van der Waals surface area contributed by atoms with E-state index in [0.29, 0.717) is 5.69 Å². The number of nitrogens with zero attached hydrogens (tertiary/aromatic N) is 2. The van der Waals surface area contributed by atoms with Crippen molar-refractivity contribution < 1.29 is 8.83 Å². The molecule has 0 aliphatic heterocycles. The lowest BCUT2D eigenvalue weighted by Gasteiger charge is -2.14. The van der Waals surface area contributed by atoms with Gasteiger partial charge in [0.05, 0.1) is 28.7 Å². The predicted octanol–water partition coefficient (Wildman–Crippen LogP) is 10.8. The van der Waals surface area contributed by atoms with Crippen LogP contribution in [0.15, 0.2) is 130 Å². The quantitative estimate of drug-likeness (QED) is 0.211. The van der Waals surface area contributed by atoms with Gasteiger partial charge in [-0.25, -0.2) is 4.85 Å². The number of hydrogen-bond acceptors (Lipinski definition) is 2. The summed E-state index contributed by atoms with van der Waals surface area (Å²) < 4.78 is 15.1. The zero-order valence-corrected chi connectivity index (χ0v) is 21.8. The number of benzene rings is 6. The largest absolute Gasteiger partial charge is 0.456 e. The molecule has 3 aromatic heterocycles. The van der Waals surface area contributed by atoms with E-state index in [1.165, 1.54) is 21.8 Å². The highest BCUT2D eigenvalue weighted by Crippen LogP contribution is 2.42. The molecule has 0 spiro atoms. The van der Waals surface area contributed by atoms with Crippen LogP contribution in [0.4, 0.5) is 5.69 Å². The molecule has 4 heteroatoms. The fourth-order valence-corrected chi connectivity index (χ4v) is 6.41. The van der Waals surface area contributed by atoms with Crippen molar-refractivity contribution >= 4 is 71.4 Å². The summed E-state index contributed by atoms with van der Waals surface area (Å²) in [6.45, 7) is 7.44. The minimum Gasteiger partial charge on any atom is -0.456 e. The Morgan fingerprint density at radius 1 is 0.537 bits per heavy atom. The van der Waals surface area contributed by atoms with Gasteiger partial charge in [0.2, 0.25) is 0 Å². The standard InChI is InChI=1S/C37H20N2O2/c1-38-23-15-18-33-28(21-23)27-16-19-35-36(37(27)41-33)29-20-22(14-17-34(29)40-35)24-8-2-5-11-30(24)39-31-12-6-3-9-25(31)26-10-4-7-13-32(26)39/h2-21H. The van der Waals surface area contributed by atoms with E-state index in [0.717, 1.165) is 60.7 Å². The van der Waals surface area contributed by atoms with Gasteiger partial charge in [0, 0.05) is 32.5 Å². The van der Waals surface area contributed by atoms with Crippen molar-refractivity contribution in [2.24, 2.45) is 0 Å². The third-order valence-corrected chi connectivity index (χ3v) is 8.22. The second-order valence-electron chi connectivity index (χ2n) is 10.4. The van der Waals surface area contributed by atoms with Crippen LogP contribution >= 0.6 is 0 Å². The fourth-order valence-electron chi connectivity index (χ4n) is 6.41. The monoisotopic (exact) mass is 524 g/mol. The normalized spacial score (nSPS) is 11.9. The third kappa shape index (κ3) is 3.03. The Bertz CT molecular complexity index is 2500. The number of aromatic nitrogens is 1. The van der Waals surface area contributed by atoms with E-state index in [1.54, 1.807) is 6.07 Å². The third-order valence-electron chi connectivity index (χ3n) is 8.22. The Morgan fingerprint density at radius 2 is 1.22 bits per heavy atom. The molecule has 6 aromatic carbocycles. The summed E-state index contributed by atoms with van der Waals surface area (Å²) in [5.74, 6) is 0. The molecule has 0 unspecified atom stereocenters. The van der Waals surface area contributed by atoms with E-state index < -0.39 is 0 Å². The van der Waals surface area contributed by atoms with Crippen molar-refractivity contribution in [3.63, 3.8) is 0 Å². The van der Waals surface area contributed by atoms with Gasteiger partial charge < -0.3 is 13.4 Å². The summed E-state index contributed by atoms with van der Waals surface area (Å²) in [5, 5.41) is 6.36. The van der Waals surface area contributed by atoms with Crippen molar-refractivity contribution in [3.05, 3.63) is 133 Å². The molecule has 0 amide bonds. The van der Waals surface area contributed by atoms with Gasteiger partial charge in [0.1, 0.15) is 22.3 Å². The molecule has 4 nitrogen and oxygen atoms in total. The second-order valence-corrected chi connectivity index (χ2v) is 10.4. The molecule has 0 aliphatic carbocycles. The van der Waals surface area contributed by atoms with Crippen molar-refractivity contribution in [3.8, 4) is 16.8 Å². The molecule has 9 aromatic rings. The summed E-state index contributed by atoms with van der Waals surface area (Å²) in [6.07, 6.45) is 0. The molecule has 0 saturated carbocycles. The van der Waals surface area contributed by atoms with E-state index in [2.05, 4.69) is 100 Å². The summed E-state index contributed by atoms with van der Waals surface area (Å²) in [4.78, 5) is 3.61. The first kappa shape index (κ1) is 22.1. The first-order chi connectivity index (χ1) is 20.3. The van der Waals surface area contributed by atoms with Crippen LogP contribution in [-0.2, 0) is 0 Å². The smallest absolute Gasteiger partial charge is 0.188 e. The van der Waals surface area contributed by atoms with Crippen molar-refractivity contribution in [1.29, 1.82) is 0 Å². The molecule has 0 saturated heterocycles. The molecule has 41 heavy (non-hydrogen) atoms. The van der Waals surface area contributed by atoms with Crippen LogP contribution in [-0.4, -0.2) is 4.57 Å². The lowest BCUT2D eigenvalue weighted by Crippen LogP contribution is -1.96. The Morgan fingerprint density at radius 3 is 2.02 bits per heavy atom. The van der Waals surface area contributed by atoms with Gasteiger partial charge in [-0.3, -0.25) is 0 Å². The zero-order valence-electron chi connectivity index (χ0n) is 21.8. The van der Waals surface area contributed by atoms with Crippen LogP contribution in [0.3, 0.4) is 0 Å². The lowest BCUT2D eigenvalue weighted by atomic mass is 10.00. The Labute approximate surface area is 234 Å². The van der Waals surface area contributed by atoms with Gasteiger partial charge in [-0.1, -0.05) is 66.7 Å². The molecular weight excluding hydrogens is 504 g/mol. The first-order valence-corrected chi connectivity index (χ1v) is 13.6. The molecule has 0 radical (unpaired) electrons. The minimum absolute atomic E-state index is 0.598. The van der Waals surface area contributed by atoms with Gasteiger partial charge in [-0.15, -0.1) is 0 Å². The molecule has 9 rings (SSSR count). The molecule has 0 atom stereocenters. The maximum atomic E-state index is 7.44. The van der Waals surface area contributed by atoms with Crippen molar-refractivity contribution in [2.75, 3.05) is 0 Å². The second kappa shape index (κ2) is 8.11.